The molecule has 20 heavy (non-hydrogen) atoms. The van der Waals surface area contributed by atoms with Crippen LogP contribution in [0.2, 0.25) is 0 Å². The van der Waals surface area contributed by atoms with Gasteiger partial charge in [0.2, 0.25) is 0 Å². The fourth-order valence-electron chi connectivity index (χ4n) is 2.22. The first kappa shape index (κ1) is 13.6. The Morgan fingerprint density at radius 2 is 2.00 bits per heavy atom. The Kier molecular flexibility index (Phi) is 3.52. The van der Waals surface area contributed by atoms with E-state index in [4.69, 9.17) is 11.6 Å². The van der Waals surface area contributed by atoms with Gasteiger partial charge in [0.15, 0.2) is 0 Å². The van der Waals surface area contributed by atoms with Crippen molar-refractivity contribution in [1.29, 1.82) is 0 Å². The predicted molar refractivity (Wildman–Crippen MR) is 83.0 cm³/mol. The molecule has 0 aliphatic heterocycles. The highest BCUT2D eigenvalue weighted by molar-refractivity contribution is 9.10. The lowest BCUT2D eigenvalue weighted by atomic mass is 10.2. The van der Waals surface area contributed by atoms with Crippen molar-refractivity contribution in [1.82, 2.24) is 9.55 Å². The van der Waals surface area contributed by atoms with Gasteiger partial charge in [-0.3, -0.25) is 4.57 Å². The number of alkyl halides is 1. The van der Waals surface area contributed by atoms with Crippen LogP contribution < -0.4 is 0 Å². The molecule has 0 amide bonds. The van der Waals surface area contributed by atoms with Crippen LogP contribution in [0.25, 0.3) is 16.7 Å². The van der Waals surface area contributed by atoms with E-state index >= 15 is 0 Å². The van der Waals surface area contributed by atoms with Crippen LogP contribution in [0.3, 0.4) is 0 Å². The molecule has 0 N–H and O–H groups in total. The Morgan fingerprint density at radius 1 is 1.25 bits per heavy atom. The quantitative estimate of drug-likeness (QED) is 0.577. The number of hydrogen-bond donors (Lipinski definition) is 0. The molecule has 2 aromatic carbocycles. The van der Waals surface area contributed by atoms with Gasteiger partial charge >= 0.3 is 0 Å². The summed E-state index contributed by atoms with van der Waals surface area (Å²) in [6.07, 6.45) is 0. The number of benzene rings is 2. The Balaban J connectivity index is 2.39. The molecular weight excluding hydrogens is 343 g/mol. The average Bonchev–Trinajstić information content (AvgIpc) is 2.81. The van der Waals surface area contributed by atoms with Gasteiger partial charge in [-0.15, -0.1) is 11.6 Å². The van der Waals surface area contributed by atoms with E-state index < -0.39 is 0 Å². The third kappa shape index (κ3) is 2.23. The van der Waals surface area contributed by atoms with Crippen LogP contribution >= 0.6 is 27.5 Å². The highest BCUT2D eigenvalue weighted by Crippen LogP contribution is 2.30. The lowest BCUT2D eigenvalue weighted by Gasteiger charge is -2.12. The molecule has 0 spiro atoms. The highest BCUT2D eigenvalue weighted by atomic mass is 79.9. The van der Waals surface area contributed by atoms with Crippen molar-refractivity contribution in [2.24, 2.45) is 0 Å². The van der Waals surface area contributed by atoms with Gasteiger partial charge in [-0.05, 0) is 37.3 Å². The first-order chi connectivity index (χ1) is 9.58. The second-order valence-corrected chi connectivity index (χ2v) is 6.08. The van der Waals surface area contributed by atoms with Crippen LogP contribution in [0.15, 0.2) is 46.9 Å². The molecule has 1 atom stereocenters. The molecule has 3 rings (SSSR count). The summed E-state index contributed by atoms with van der Waals surface area (Å²) in [5.41, 5.74) is 2.08. The van der Waals surface area contributed by atoms with Gasteiger partial charge in [0.25, 0.3) is 0 Å². The van der Waals surface area contributed by atoms with Gasteiger partial charge in [-0.2, -0.15) is 0 Å². The third-order valence-electron chi connectivity index (χ3n) is 3.09. The van der Waals surface area contributed by atoms with Gasteiger partial charge in [0.05, 0.1) is 22.1 Å². The number of fused-ring (bicyclic) bond motifs is 1. The van der Waals surface area contributed by atoms with Crippen LogP contribution in [0.4, 0.5) is 4.39 Å². The zero-order chi connectivity index (χ0) is 14.3. The van der Waals surface area contributed by atoms with Crippen molar-refractivity contribution in [3.05, 3.63) is 58.6 Å². The van der Waals surface area contributed by atoms with Crippen molar-refractivity contribution in [3.8, 4) is 5.69 Å². The van der Waals surface area contributed by atoms with E-state index in [9.17, 15) is 4.39 Å². The SMILES string of the molecule is CC(Cl)c1nc2ccccc2n1-c1cc(Br)ccc1F. The molecule has 1 aromatic heterocycles. The minimum absolute atomic E-state index is 0.310. The lowest BCUT2D eigenvalue weighted by Crippen LogP contribution is -2.04. The number of para-hydroxylation sites is 2. The number of nitrogens with zero attached hydrogens (tertiary/aromatic N) is 2. The second-order valence-electron chi connectivity index (χ2n) is 4.51. The van der Waals surface area contributed by atoms with E-state index in [0.29, 0.717) is 11.5 Å². The van der Waals surface area contributed by atoms with Gasteiger partial charge in [-0.1, -0.05) is 28.1 Å². The summed E-state index contributed by atoms with van der Waals surface area (Å²) >= 11 is 9.58. The van der Waals surface area contributed by atoms with Crippen LogP contribution in [0.1, 0.15) is 18.1 Å². The summed E-state index contributed by atoms with van der Waals surface area (Å²) in [6.45, 7) is 1.83. The number of imidazole rings is 1. The molecular formula is C15H11BrClFN2. The van der Waals surface area contributed by atoms with Crippen molar-refractivity contribution in [3.63, 3.8) is 0 Å². The molecule has 0 radical (unpaired) electrons. The number of halogens is 3. The molecule has 0 aliphatic carbocycles. The van der Waals surface area contributed by atoms with E-state index in [1.807, 2.05) is 31.2 Å². The standard InChI is InChI=1S/C15H11BrClFN2/c1-9(17)15-19-12-4-2-3-5-13(12)20(15)14-8-10(16)6-7-11(14)18/h2-9H,1H3. The molecule has 0 saturated carbocycles. The van der Waals surface area contributed by atoms with Crippen molar-refractivity contribution in [2.45, 2.75) is 12.3 Å². The predicted octanol–water partition coefficient (Wildman–Crippen LogP) is 5.23. The molecule has 5 heteroatoms. The summed E-state index contributed by atoms with van der Waals surface area (Å²) in [5, 5.41) is -0.319. The van der Waals surface area contributed by atoms with Gasteiger partial charge in [0, 0.05) is 4.47 Å². The minimum atomic E-state index is -0.319. The van der Waals surface area contributed by atoms with E-state index in [2.05, 4.69) is 20.9 Å². The first-order valence-corrected chi connectivity index (χ1v) is 7.38. The summed E-state index contributed by atoms with van der Waals surface area (Å²) in [4.78, 5) is 4.51. The van der Waals surface area contributed by atoms with Gasteiger partial charge in [0.1, 0.15) is 11.6 Å². The first-order valence-electron chi connectivity index (χ1n) is 6.15. The molecule has 0 bridgehead atoms. The average molecular weight is 354 g/mol. The minimum Gasteiger partial charge on any atom is -0.292 e. The second kappa shape index (κ2) is 5.19. The molecule has 102 valence electrons. The van der Waals surface area contributed by atoms with Crippen molar-refractivity contribution in [2.75, 3.05) is 0 Å². The lowest BCUT2D eigenvalue weighted by molar-refractivity contribution is 0.616. The Hall–Kier alpha value is -1.39. The largest absolute Gasteiger partial charge is 0.292 e. The highest BCUT2D eigenvalue weighted by Gasteiger charge is 2.18. The summed E-state index contributed by atoms with van der Waals surface area (Å²) in [7, 11) is 0. The molecule has 1 heterocycles. The summed E-state index contributed by atoms with van der Waals surface area (Å²) < 4.78 is 16.8. The van der Waals surface area contributed by atoms with Crippen LogP contribution in [0, 0.1) is 5.82 Å². The Bertz CT molecular complexity index is 783. The van der Waals surface area contributed by atoms with Crippen molar-refractivity contribution >= 4 is 38.6 Å². The topological polar surface area (TPSA) is 17.8 Å². The van der Waals surface area contributed by atoms with Gasteiger partial charge in [-0.25, -0.2) is 9.37 Å². The van der Waals surface area contributed by atoms with E-state index in [0.717, 1.165) is 15.5 Å². The number of hydrogen-bond acceptors (Lipinski definition) is 1. The van der Waals surface area contributed by atoms with E-state index in [1.54, 1.807) is 16.7 Å². The van der Waals surface area contributed by atoms with E-state index in [1.165, 1.54) is 6.07 Å². The van der Waals surface area contributed by atoms with Crippen LogP contribution in [-0.4, -0.2) is 9.55 Å². The zero-order valence-electron chi connectivity index (χ0n) is 10.6. The molecule has 3 aromatic rings. The fraction of sp³-hybridized carbons (Fsp3) is 0.133. The maximum absolute atomic E-state index is 14.2. The van der Waals surface area contributed by atoms with Crippen molar-refractivity contribution < 1.29 is 4.39 Å². The van der Waals surface area contributed by atoms with E-state index in [-0.39, 0.29) is 11.2 Å². The Labute approximate surface area is 129 Å². The zero-order valence-corrected chi connectivity index (χ0v) is 13.0. The normalized spacial score (nSPS) is 12.8. The summed E-state index contributed by atoms with van der Waals surface area (Å²) in [5.74, 6) is 0.319. The number of rotatable bonds is 2. The molecule has 0 aliphatic rings. The third-order valence-corrected chi connectivity index (χ3v) is 3.78. The van der Waals surface area contributed by atoms with Crippen LogP contribution in [0.5, 0.6) is 0 Å². The van der Waals surface area contributed by atoms with Gasteiger partial charge < -0.3 is 0 Å². The molecule has 1 unspecified atom stereocenters. The van der Waals surface area contributed by atoms with Crippen LogP contribution in [-0.2, 0) is 0 Å². The molecule has 0 saturated heterocycles. The smallest absolute Gasteiger partial charge is 0.147 e. The summed E-state index contributed by atoms with van der Waals surface area (Å²) in [6, 6.07) is 12.4. The molecule has 2 nitrogen and oxygen atoms in total. The Morgan fingerprint density at radius 3 is 2.75 bits per heavy atom. The fourth-order valence-corrected chi connectivity index (χ4v) is 2.72. The maximum Gasteiger partial charge on any atom is 0.147 e. The molecule has 0 fully saturated rings. The number of aromatic nitrogens is 2. The monoisotopic (exact) mass is 352 g/mol. The maximum atomic E-state index is 14.2.